The SMILES string of the molecule is CNCC1CCN(c2ccc(I)cc2[N+](=O)[O-])CC1. The fourth-order valence-corrected chi connectivity index (χ4v) is 3.05. The van der Waals surface area contributed by atoms with Crippen molar-refractivity contribution in [2.45, 2.75) is 12.8 Å². The van der Waals surface area contributed by atoms with Gasteiger partial charge in [-0.3, -0.25) is 10.1 Å². The standard InChI is InChI=1S/C13H18IN3O2/c1-15-9-10-4-6-16(7-5-10)12-3-2-11(14)8-13(12)17(18)19/h2-3,8,10,15H,4-7,9H2,1H3. The molecule has 1 aromatic carbocycles. The van der Waals surface area contributed by atoms with Gasteiger partial charge in [0.15, 0.2) is 0 Å². The van der Waals surface area contributed by atoms with Crippen LogP contribution in [0.15, 0.2) is 18.2 Å². The van der Waals surface area contributed by atoms with Crippen molar-refractivity contribution in [1.29, 1.82) is 0 Å². The summed E-state index contributed by atoms with van der Waals surface area (Å²) in [5.74, 6) is 0.684. The van der Waals surface area contributed by atoms with E-state index in [4.69, 9.17) is 0 Å². The van der Waals surface area contributed by atoms with Crippen molar-refractivity contribution in [3.05, 3.63) is 31.9 Å². The maximum absolute atomic E-state index is 11.1. The lowest BCUT2D eigenvalue weighted by Gasteiger charge is -2.33. The molecule has 5 nitrogen and oxygen atoms in total. The Morgan fingerprint density at radius 3 is 2.74 bits per heavy atom. The van der Waals surface area contributed by atoms with E-state index in [9.17, 15) is 10.1 Å². The van der Waals surface area contributed by atoms with E-state index in [2.05, 4.69) is 32.8 Å². The summed E-state index contributed by atoms with van der Waals surface area (Å²) in [6.07, 6.45) is 2.17. The van der Waals surface area contributed by atoms with Gasteiger partial charge in [0.05, 0.1) is 4.92 Å². The molecule has 0 unspecified atom stereocenters. The predicted octanol–water partition coefficient (Wildman–Crippen LogP) is 2.64. The summed E-state index contributed by atoms with van der Waals surface area (Å²) >= 11 is 2.11. The van der Waals surface area contributed by atoms with Crippen LogP contribution in [0.1, 0.15) is 12.8 Å². The first-order chi connectivity index (χ1) is 9.11. The first-order valence-electron chi connectivity index (χ1n) is 6.45. The average Bonchev–Trinajstić information content (AvgIpc) is 2.40. The van der Waals surface area contributed by atoms with Crippen molar-refractivity contribution in [2.75, 3.05) is 31.6 Å². The summed E-state index contributed by atoms with van der Waals surface area (Å²) in [5, 5.41) is 14.4. The van der Waals surface area contributed by atoms with Gasteiger partial charge < -0.3 is 10.2 Å². The molecule has 1 N–H and O–H groups in total. The minimum Gasteiger partial charge on any atom is -0.366 e. The van der Waals surface area contributed by atoms with Gasteiger partial charge in [-0.1, -0.05) is 0 Å². The van der Waals surface area contributed by atoms with Crippen LogP contribution in [0.4, 0.5) is 11.4 Å². The highest BCUT2D eigenvalue weighted by molar-refractivity contribution is 14.1. The molecular formula is C13H18IN3O2. The Labute approximate surface area is 126 Å². The minimum absolute atomic E-state index is 0.221. The fourth-order valence-electron chi connectivity index (χ4n) is 2.58. The van der Waals surface area contributed by atoms with Crippen LogP contribution < -0.4 is 10.2 Å². The van der Waals surface area contributed by atoms with E-state index in [1.54, 1.807) is 6.07 Å². The Hall–Kier alpha value is -0.890. The van der Waals surface area contributed by atoms with Crippen molar-refractivity contribution in [3.63, 3.8) is 0 Å². The number of hydrogen-bond acceptors (Lipinski definition) is 4. The second kappa shape index (κ2) is 6.51. The van der Waals surface area contributed by atoms with Gasteiger partial charge in [0, 0.05) is 22.7 Å². The maximum atomic E-state index is 11.1. The zero-order chi connectivity index (χ0) is 13.8. The number of benzene rings is 1. The molecule has 0 bridgehead atoms. The van der Waals surface area contributed by atoms with Gasteiger partial charge in [-0.2, -0.15) is 0 Å². The van der Waals surface area contributed by atoms with Crippen LogP contribution in [-0.2, 0) is 0 Å². The molecule has 0 aromatic heterocycles. The number of nitro groups is 1. The molecule has 1 fully saturated rings. The van der Waals surface area contributed by atoms with E-state index >= 15 is 0 Å². The van der Waals surface area contributed by atoms with Gasteiger partial charge in [0.2, 0.25) is 0 Å². The largest absolute Gasteiger partial charge is 0.366 e. The second-order valence-corrected chi connectivity index (χ2v) is 6.12. The topological polar surface area (TPSA) is 58.4 Å². The number of halogens is 1. The molecule has 2 rings (SSSR count). The number of hydrogen-bond donors (Lipinski definition) is 1. The van der Waals surface area contributed by atoms with Crippen molar-refractivity contribution < 1.29 is 4.92 Å². The smallest absolute Gasteiger partial charge is 0.293 e. The third-order valence-electron chi connectivity index (χ3n) is 3.58. The van der Waals surface area contributed by atoms with E-state index in [0.717, 1.165) is 41.7 Å². The Kier molecular flexibility index (Phi) is 4.98. The molecule has 0 aliphatic carbocycles. The van der Waals surface area contributed by atoms with Gasteiger partial charge in [0.25, 0.3) is 5.69 Å². The summed E-state index contributed by atoms with van der Waals surface area (Å²) in [6.45, 7) is 2.82. The van der Waals surface area contributed by atoms with Crippen LogP contribution in [0.5, 0.6) is 0 Å². The summed E-state index contributed by atoms with van der Waals surface area (Å²) in [6, 6.07) is 5.45. The Bertz CT molecular complexity index is 459. The van der Waals surface area contributed by atoms with Crippen LogP contribution >= 0.6 is 22.6 Å². The van der Waals surface area contributed by atoms with Gasteiger partial charge >= 0.3 is 0 Å². The number of nitrogens with zero attached hydrogens (tertiary/aromatic N) is 2. The quantitative estimate of drug-likeness (QED) is 0.500. The Morgan fingerprint density at radius 1 is 1.47 bits per heavy atom. The first kappa shape index (κ1) is 14.5. The zero-order valence-corrected chi connectivity index (χ0v) is 13.1. The summed E-state index contributed by atoms with van der Waals surface area (Å²) in [5.41, 5.74) is 0.979. The molecule has 104 valence electrons. The highest BCUT2D eigenvalue weighted by Crippen LogP contribution is 2.32. The lowest BCUT2D eigenvalue weighted by atomic mass is 9.96. The summed E-state index contributed by atoms with van der Waals surface area (Å²) in [7, 11) is 1.97. The van der Waals surface area contributed by atoms with Gasteiger partial charge in [-0.15, -0.1) is 0 Å². The van der Waals surface area contributed by atoms with Gasteiger partial charge in [0.1, 0.15) is 5.69 Å². The molecule has 0 spiro atoms. The Balaban J connectivity index is 2.13. The lowest BCUT2D eigenvalue weighted by Crippen LogP contribution is -2.37. The molecule has 19 heavy (non-hydrogen) atoms. The van der Waals surface area contributed by atoms with Crippen molar-refractivity contribution in [2.24, 2.45) is 5.92 Å². The molecule has 6 heteroatoms. The molecule has 0 radical (unpaired) electrons. The van der Waals surface area contributed by atoms with Gasteiger partial charge in [-0.25, -0.2) is 0 Å². The van der Waals surface area contributed by atoms with Crippen molar-refractivity contribution in [1.82, 2.24) is 5.32 Å². The maximum Gasteiger partial charge on any atom is 0.293 e. The predicted molar refractivity (Wildman–Crippen MR) is 84.7 cm³/mol. The molecule has 1 aliphatic heterocycles. The van der Waals surface area contributed by atoms with E-state index in [1.807, 2.05) is 19.2 Å². The van der Waals surface area contributed by atoms with E-state index in [1.165, 1.54) is 0 Å². The molecule has 0 atom stereocenters. The van der Waals surface area contributed by atoms with Crippen LogP contribution in [0.2, 0.25) is 0 Å². The minimum atomic E-state index is -0.281. The number of nitro benzene ring substituents is 1. The van der Waals surface area contributed by atoms with Crippen LogP contribution in [0.3, 0.4) is 0 Å². The normalized spacial score (nSPS) is 16.6. The Morgan fingerprint density at radius 2 is 2.16 bits per heavy atom. The molecule has 1 saturated heterocycles. The molecule has 1 aliphatic rings. The highest BCUT2D eigenvalue weighted by Gasteiger charge is 2.24. The lowest BCUT2D eigenvalue weighted by molar-refractivity contribution is -0.384. The first-order valence-corrected chi connectivity index (χ1v) is 7.53. The average molecular weight is 375 g/mol. The van der Waals surface area contributed by atoms with Crippen molar-refractivity contribution in [3.8, 4) is 0 Å². The number of anilines is 1. The van der Waals surface area contributed by atoms with Crippen LogP contribution in [-0.4, -0.2) is 31.6 Å². The molecule has 0 saturated carbocycles. The van der Waals surface area contributed by atoms with Crippen molar-refractivity contribution >= 4 is 34.0 Å². The van der Waals surface area contributed by atoms with E-state index in [0.29, 0.717) is 5.92 Å². The third-order valence-corrected chi connectivity index (χ3v) is 4.25. The van der Waals surface area contributed by atoms with Crippen LogP contribution in [0, 0.1) is 19.6 Å². The summed E-state index contributed by atoms with van der Waals surface area (Å²) in [4.78, 5) is 13.0. The monoisotopic (exact) mass is 375 g/mol. The molecule has 0 amide bonds. The molecule has 1 heterocycles. The molecule has 1 aromatic rings. The number of rotatable bonds is 4. The van der Waals surface area contributed by atoms with Gasteiger partial charge in [-0.05, 0) is 67.1 Å². The number of piperidine rings is 1. The number of nitrogens with one attached hydrogen (secondary N) is 1. The third kappa shape index (κ3) is 3.56. The molecular weight excluding hydrogens is 357 g/mol. The van der Waals surface area contributed by atoms with E-state index < -0.39 is 0 Å². The highest BCUT2D eigenvalue weighted by atomic mass is 127. The second-order valence-electron chi connectivity index (χ2n) is 4.88. The fraction of sp³-hybridized carbons (Fsp3) is 0.538. The zero-order valence-electron chi connectivity index (χ0n) is 10.9. The van der Waals surface area contributed by atoms with E-state index in [-0.39, 0.29) is 10.6 Å². The summed E-state index contributed by atoms with van der Waals surface area (Å²) < 4.78 is 0.901. The van der Waals surface area contributed by atoms with Crippen LogP contribution in [0.25, 0.3) is 0 Å².